The van der Waals surface area contributed by atoms with Crippen LogP contribution in [0.25, 0.3) is 0 Å². The zero-order chi connectivity index (χ0) is 19.5. The van der Waals surface area contributed by atoms with E-state index in [-0.39, 0.29) is 0 Å². The minimum Gasteiger partial charge on any atom is -0.508 e. The number of anilines is 1. The summed E-state index contributed by atoms with van der Waals surface area (Å²) in [6.45, 7) is 6.04. The molecule has 0 saturated carbocycles. The van der Waals surface area contributed by atoms with Crippen LogP contribution in [0.2, 0.25) is 0 Å². The van der Waals surface area contributed by atoms with Crippen molar-refractivity contribution in [2.45, 2.75) is 26.7 Å². The molecule has 3 N–H and O–H groups in total. The van der Waals surface area contributed by atoms with Gasteiger partial charge in [-0.3, -0.25) is 4.99 Å². The molecule has 0 saturated heterocycles. The molecule has 0 heterocycles. The first-order chi connectivity index (χ1) is 13.2. The lowest BCUT2D eigenvalue weighted by atomic mass is 10.1. The van der Waals surface area contributed by atoms with Crippen LogP contribution in [0.3, 0.4) is 0 Å². The predicted molar refractivity (Wildman–Crippen MR) is 110 cm³/mol. The lowest BCUT2D eigenvalue weighted by Crippen LogP contribution is -2.30. The highest BCUT2D eigenvalue weighted by Gasteiger charge is 2.07. The van der Waals surface area contributed by atoms with Gasteiger partial charge in [0.1, 0.15) is 5.75 Å². The summed E-state index contributed by atoms with van der Waals surface area (Å²) in [7, 11) is 1.63. The van der Waals surface area contributed by atoms with Gasteiger partial charge in [0.15, 0.2) is 17.5 Å². The number of phenols is 1. The van der Waals surface area contributed by atoms with Gasteiger partial charge in [0.05, 0.1) is 13.7 Å². The Morgan fingerprint density at radius 3 is 2.52 bits per heavy atom. The van der Waals surface area contributed by atoms with Gasteiger partial charge in [0.2, 0.25) is 0 Å². The number of nitrogens with zero attached hydrogens (tertiary/aromatic N) is 1. The average molecular weight is 371 g/mol. The van der Waals surface area contributed by atoms with Crippen LogP contribution in [0.15, 0.2) is 47.5 Å². The molecular weight excluding hydrogens is 342 g/mol. The first-order valence-electron chi connectivity index (χ1n) is 9.30. The van der Waals surface area contributed by atoms with Crippen molar-refractivity contribution in [2.75, 3.05) is 32.1 Å². The van der Waals surface area contributed by atoms with Crippen LogP contribution in [0.5, 0.6) is 17.2 Å². The zero-order valence-corrected chi connectivity index (χ0v) is 16.3. The van der Waals surface area contributed by atoms with Crippen LogP contribution >= 0.6 is 0 Å². The number of aliphatic imine (C=N–C) groups is 1. The molecule has 0 radical (unpaired) electrons. The second kappa shape index (κ2) is 11.0. The number of benzene rings is 2. The molecule has 2 aromatic rings. The van der Waals surface area contributed by atoms with Gasteiger partial charge in [-0.2, -0.15) is 0 Å². The molecule has 0 fully saturated rings. The van der Waals surface area contributed by atoms with Crippen molar-refractivity contribution in [1.82, 2.24) is 5.32 Å². The molecule has 0 amide bonds. The van der Waals surface area contributed by atoms with E-state index in [4.69, 9.17) is 9.47 Å². The zero-order valence-electron chi connectivity index (χ0n) is 16.3. The fourth-order valence-corrected chi connectivity index (χ4v) is 2.60. The van der Waals surface area contributed by atoms with E-state index >= 15 is 0 Å². The normalized spacial score (nSPS) is 11.1. The van der Waals surface area contributed by atoms with Crippen molar-refractivity contribution < 1.29 is 14.6 Å². The van der Waals surface area contributed by atoms with Gasteiger partial charge in [-0.15, -0.1) is 0 Å². The average Bonchev–Trinajstić information content (AvgIpc) is 2.68. The quantitative estimate of drug-likeness (QED) is 0.355. The van der Waals surface area contributed by atoms with Crippen LogP contribution in [-0.4, -0.2) is 37.9 Å². The summed E-state index contributed by atoms with van der Waals surface area (Å²) >= 11 is 0. The Morgan fingerprint density at radius 1 is 1.07 bits per heavy atom. The smallest absolute Gasteiger partial charge is 0.195 e. The number of ether oxygens (including phenoxy) is 2. The van der Waals surface area contributed by atoms with Crippen LogP contribution in [-0.2, 0) is 6.42 Å². The van der Waals surface area contributed by atoms with Crippen molar-refractivity contribution >= 4 is 11.6 Å². The summed E-state index contributed by atoms with van der Waals surface area (Å²) in [5.74, 6) is 2.43. The highest BCUT2D eigenvalue weighted by atomic mass is 16.5. The first kappa shape index (κ1) is 20.4. The van der Waals surface area contributed by atoms with E-state index in [2.05, 4.69) is 15.6 Å². The van der Waals surface area contributed by atoms with E-state index in [1.165, 1.54) is 5.56 Å². The molecule has 0 bridgehead atoms. The van der Waals surface area contributed by atoms with Gasteiger partial charge in [0.25, 0.3) is 0 Å². The molecule has 0 aliphatic carbocycles. The lowest BCUT2D eigenvalue weighted by molar-refractivity contribution is 0.311. The topological polar surface area (TPSA) is 75.1 Å². The third-order valence-electron chi connectivity index (χ3n) is 3.90. The highest BCUT2D eigenvalue weighted by Crippen LogP contribution is 2.30. The molecule has 6 nitrogen and oxygen atoms in total. The van der Waals surface area contributed by atoms with Crippen molar-refractivity contribution in [3.8, 4) is 17.2 Å². The monoisotopic (exact) mass is 371 g/mol. The number of guanidine groups is 1. The minimum atomic E-state index is 0.293. The number of nitrogens with one attached hydrogen (secondary N) is 2. The summed E-state index contributed by atoms with van der Waals surface area (Å²) in [5.41, 5.74) is 2.07. The molecule has 0 aliphatic rings. The second-order valence-electron chi connectivity index (χ2n) is 5.95. The molecule has 0 spiro atoms. The predicted octanol–water partition coefficient (Wildman–Crippen LogP) is 3.81. The molecule has 2 aromatic carbocycles. The molecule has 0 aromatic heterocycles. The lowest BCUT2D eigenvalue weighted by Gasteiger charge is -2.14. The molecule has 146 valence electrons. The third-order valence-corrected chi connectivity index (χ3v) is 3.90. The van der Waals surface area contributed by atoms with E-state index < -0.39 is 0 Å². The van der Waals surface area contributed by atoms with Gasteiger partial charge in [-0.25, -0.2) is 0 Å². The summed E-state index contributed by atoms with van der Waals surface area (Å²) in [4.78, 5) is 4.63. The number of aryl methyl sites for hydroxylation is 1. The molecule has 27 heavy (non-hydrogen) atoms. The van der Waals surface area contributed by atoms with Crippen molar-refractivity contribution in [3.63, 3.8) is 0 Å². The van der Waals surface area contributed by atoms with Gasteiger partial charge in [-0.05, 0) is 56.5 Å². The largest absolute Gasteiger partial charge is 0.508 e. The Balaban J connectivity index is 1.95. The summed E-state index contributed by atoms with van der Waals surface area (Å²) in [6.07, 6.45) is 1.84. The molecule has 0 atom stereocenters. The van der Waals surface area contributed by atoms with Crippen molar-refractivity contribution in [3.05, 3.63) is 48.0 Å². The minimum absolute atomic E-state index is 0.293. The van der Waals surface area contributed by atoms with E-state index in [9.17, 15) is 5.11 Å². The molecule has 2 rings (SSSR count). The number of phenolic OH excluding ortho intramolecular Hbond substituents is 1. The molecule has 0 unspecified atom stereocenters. The number of hydrogen-bond acceptors (Lipinski definition) is 4. The summed E-state index contributed by atoms with van der Waals surface area (Å²) in [5, 5.41) is 15.9. The van der Waals surface area contributed by atoms with Crippen LogP contribution < -0.4 is 20.1 Å². The highest BCUT2D eigenvalue weighted by molar-refractivity contribution is 5.93. The Bertz CT molecular complexity index is 730. The fourth-order valence-electron chi connectivity index (χ4n) is 2.60. The maximum atomic E-state index is 9.33. The maximum Gasteiger partial charge on any atom is 0.195 e. The second-order valence-corrected chi connectivity index (χ2v) is 5.95. The maximum absolute atomic E-state index is 9.33. The number of rotatable bonds is 9. The summed E-state index contributed by atoms with van der Waals surface area (Å²) in [6, 6.07) is 13.0. The van der Waals surface area contributed by atoms with Crippen molar-refractivity contribution in [2.24, 2.45) is 4.99 Å². The van der Waals surface area contributed by atoms with E-state index in [1.807, 2.05) is 44.2 Å². The number of hydrogen-bond donors (Lipinski definition) is 3. The Morgan fingerprint density at radius 2 is 1.85 bits per heavy atom. The van der Waals surface area contributed by atoms with Gasteiger partial charge < -0.3 is 25.2 Å². The SMILES string of the molecule is CCNC(=NCCCc1ccc(O)cc1)Nc1ccc(OCC)c(OC)c1. The Hall–Kier alpha value is -2.89. The first-order valence-corrected chi connectivity index (χ1v) is 9.30. The van der Waals surface area contributed by atoms with Crippen molar-refractivity contribution in [1.29, 1.82) is 0 Å². The van der Waals surface area contributed by atoms with E-state index in [1.54, 1.807) is 19.2 Å². The van der Waals surface area contributed by atoms with E-state index in [0.29, 0.717) is 24.7 Å². The number of aromatic hydroxyl groups is 1. The molecule has 6 heteroatoms. The van der Waals surface area contributed by atoms with Crippen LogP contribution in [0.1, 0.15) is 25.8 Å². The van der Waals surface area contributed by atoms with Gasteiger partial charge in [0, 0.05) is 24.8 Å². The molecule has 0 aliphatic heterocycles. The Kier molecular flexibility index (Phi) is 8.29. The third kappa shape index (κ3) is 6.73. The van der Waals surface area contributed by atoms with Gasteiger partial charge in [-0.1, -0.05) is 12.1 Å². The van der Waals surface area contributed by atoms with Crippen LogP contribution in [0, 0.1) is 0 Å². The standard InChI is InChI=1S/C21H29N3O3/c1-4-22-21(23-14-6-7-16-8-11-18(25)12-9-16)24-17-10-13-19(27-5-2)20(15-17)26-3/h8-13,15,25H,4-7,14H2,1-3H3,(H2,22,23,24). The summed E-state index contributed by atoms with van der Waals surface area (Å²) < 4.78 is 10.9. The van der Waals surface area contributed by atoms with Crippen LogP contribution in [0.4, 0.5) is 5.69 Å². The van der Waals surface area contributed by atoms with E-state index in [0.717, 1.165) is 36.8 Å². The Labute approximate surface area is 161 Å². The fraction of sp³-hybridized carbons (Fsp3) is 0.381. The van der Waals surface area contributed by atoms with Gasteiger partial charge >= 0.3 is 0 Å². The molecular formula is C21H29N3O3. The number of methoxy groups -OCH3 is 1.